The van der Waals surface area contributed by atoms with Crippen molar-refractivity contribution in [2.75, 3.05) is 0 Å². The largest absolute Gasteiger partial charge is 0.364 e. The van der Waals surface area contributed by atoms with Crippen molar-refractivity contribution >= 4 is 5.91 Å². The zero-order valence-corrected chi connectivity index (χ0v) is 8.48. The summed E-state index contributed by atoms with van der Waals surface area (Å²) in [5, 5.41) is 6.55. The average molecular weight is 209 g/mol. The lowest BCUT2D eigenvalue weighted by Crippen LogP contribution is -2.30. The van der Waals surface area contributed by atoms with E-state index in [0.29, 0.717) is 6.54 Å². The van der Waals surface area contributed by atoms with Crippen LogP contribution >= 0.6 is 0 Å². The molecule has 2 unspecified atom stereocenters. The van der Waals surface area contributed by atoms with Crippen molar-refractivity contribution in [2.24, 2.45) is 11.7 Å². The lowest BCUT2D eigenvalue weighted by Gasteiger charge is -2.09. The summed E-state index contributed by atoms with van der Waals surface area (Å²) >= 11 is 0. The van der Waals surface area contributed by atoms with Gasteiger partial charge in [-0.2, -0.15) is 0 Å². The van der Waals surface area contributed by atoms with Crippen LogP contribution in [0.4, 0.5) is 0 Å². The van der Waals surface area contributed by atoms with Gasteiger partial charge in [-0.3, -0.25) is 4.79 Å². The van der Waals surface area contributed by atoms with Crippen molar-refractivity contribution in [3.8, 4) is 0 Å². The molecule has 0 aromatic carbocycles. The normalized spacial score (nSPS) is 25.4. The molecule has 1 saturated carbocycles. The predicted molar refractivity (Wildman–Crippen MR) is 53.7 cm³/mol. The Hall–Kier alpha value is -1.36. The van der Waals surface area contributed by atoms with Crippen LogP contribution in [0.25, 0.3) is 0 Å². The zero-order chi connectivity index (χ0) is 10.7. The predicted octanol–water partition coefficient (Wildman–Crippen LogP) is 0.418. The molecular weight excluding hydrogens is 194 g/mol. The number of nitrogens with two attached hydrogens (primary N) is 1. The first-order valence-electron chi connectivity index (χ1n) is 5.18. The molecule has 1 aromatic heterocycles. The number of amides is 1. The van der Waals surface area contributed by atoms with Crippen molar-refractivity contribution < 1.29 is 9.32 Å². The van der Waals surface area contributed by atoms with Gasteiger partial charge < -0.3 is 15.6 Å². The quantitative estimate of drug-likeness (QED) is 0.755. The van der Waals surface area contributed by atoms with Gasteiger partial charge in [0.2, 0.25) is 5.91 Å². The van der Waals surface area contributed by atoms with Crippen LogP contribution in [-0.4, -0.2) is 17.1 Å². The zero-order valence-electron chi connectivity index (χ0n) is 8.48. The van der Waals surface area contributed by atoms with E-state index in [-0.39, 0.29) is 17.9 Å². The van der Waals surface area contributed by atoms with Crippen LogP contribution in [0.2, 0.25) is 0 Å². The summed E-state index contributed by atoms with van der Waals surface area (Å²) in [6.07, 6.45) is 4.13. The number of carbonyl (C=O) groups is 1. The summed E-state index contributed by atoms with van der Waals surface area (Å²) in [5.41, 5.74) is 6.49. The minimum atomic E-state index is 0.0750. The first-order chi connectivity index (χ1) is 7.25. The minimum absolute atomic E-state index is 0.0750. The average Bonchev–Trinajstić information content (AvgIpc) is 2.84. The van der Waals surface area contributed by atoms with E-state index in [9.17, 15) is 4.79 Å². The van der Waals surface area contributed by atoms with E-state index in [0.717, 1.165) is 25.0 Å². The second kappa shape index (κ2) is 4.44. The Kier molecular flexibility index (Phi) is 3.01. The summed E-state index contributed by atoms with van der Waals surface area (Å²) in [6.45, 7) is 0.432. The molecule has 2 rings (SSSR count). The van der Waals surface area contributed by atoms with Crippen LogP contribution in [0.5, 0.6) is 0 Å². The van der Waals surface area contributed by atoms with Crippen molar-refractivity contribution in [3.63, 3.8) is 0 Å². The fourth-order valence-electron chi connectivity index (χ4n) is 1.91. The highest BCUT2D eigenvalue weighted by molar-refractivity contribution is 5.78. The van der Waals surface area contributed by atoms with Crippen LogP contribution < -0.4 is 11.1 Å². The fourth-order valence-corrected chi connectivity index (χ4v) is 1.91. The Morgan fingerprint density at radius 2 is 2.53 bits per heavy atom. The van der Waals surface area contributed by atoms with E-state index in [2.05, 4.69) is 15.0 Å². The van der Waals surface area contributed by atoms with Gasteiger partial charge in [-0.25, -0.2) is 0 Å². The lowest BCUT2D eigenvalue weighted by molar-refractivity contribution is -0.125. The molecule has 0 radical (unpaired) electrons. The van der Waals surface area contributed by atoms with E-state index in [1.807, 2.05) is 0 Å². The maximum atomic E-state index is 11.7. The van der Waals surface area contributed by atoms with E-state index in [1.54, 1.807) is 6.07 Å². The summed E-state index contributed by atoms with van der Waals surface area (Å²) in [5.74, 6) is 0.151. The van der Waals surface area contributed by atoms with Crippen LogP contribution in [0.3, 0.4) is 0 Å². The van der Waals surface area contributed by atoms with Gasteiger partial charge in [0.15, 0.2) is 0 Å². The van der Waals surface area contributed by atoms with Gasteiger partial charge in [-0.15, -0.1) is 0 Å². The molecule has 1 heterocycles. The van der Waals surface area contributed by atoms with Crippen molar-refractivity contribution in [2.45, 2.75) is 31.8 Å². The number of rotatable bonds is 3. The van der Waals surface area contributed by atoms with Crippen molar-refractivity contribution in [1.29, 1.82) is 0 Å². The fraction of sp³-hybridized carbons (Fsp3) is 0.600. The standard InChI is InChI=1S/C10H15N3O2/c11-8-2-1-7(5-8)10(14)12-6-9-3-4-15-13-9/h3-4,7-8H,1-2,5-6,11H2,(H,12,14). The van der Waals surface area contributed by atoms with Crippen LogP contribution in [0, 0.1) is 5.92 Å². The van der Waals surface area contributed by atoms with Gasteiger partial charge >= 0.3 is 0 Å². The molecule has 3 N–H and O–H groups in total. The van der Waals surface area contributed by atoms with E-state index < -0.39 is 0 Å². The number of aromatic nitrogens is 1. The summed E-state index contributed by atoms with van der Waals surface area (Å²) in [7, 11) is 0. The molecule has 1 fully saturated rings. The highest BCUT2D eigenvalue weighted by Crippen LogP contribution is 2.24. The molecule has 0 bridgehead atoms. The van der Waals surface area contributed by atoms with Gasteiger partial charge in [-0.1, -0.05) is 5.16 Å². The molecule has 0 aliphatic heterocycles. The van der Waals surface area contributed by atoms with Crippen LogP contribution in [0.1, 0.15) is 25.0 Å². The molecule has 1 amide bonds. The molecule has 5 nitrogen and oxygen atoms in total. The number of nitrogens with one attached hydrogen (secondary N) is 1. The topological polar surface area (TPSA) is 81.2 Å². The second-order valence-electron chi connectivity index (χ2n) is 3.98. The molecule has 0 saturated heterocycles. The molecule has 1 aliphatic rings. The first-order valence-corrected chi connectivity index (χ1v) is 5.18. The number of hydrogen-bond donors (Lipinski definition) is 2. The molecule has 82 valence electrons. The lowest BCUT2D eigenvalue weighted by atomic mass is 10.1. The molecule has 1 aromatic rings. The maximum Gasteiger partial charge on any atom is 0.223 e. The molecule has 5 heteroatoms. The highest BCUT2D eigenvalue weighted by Gasteiger charge is 2.27. The first kappa shape index (κ1) is 10.2. The molecule has 15 heavy (non-hydrogen) atoms. The Balaban J connectivity index is 1.78. The molecule has 0 spiro atoms. The number of carbonyl (C=O) groups excluding carboxylic acids is 1. The Morgan fingerprint density at radius 1 is 1.67 bits per heavy atom. The van der Waals surface area contributed by atoms with Crippen LogP contribution in [-0.2, 0) is 11.3 Å². The SMILES string of the molecule is NC1CCC(C(=O)NCc2ccon2)C1. The van der Waals surface area contributed by atoms with Gasteiger partial charge in [0.05, 0.1) is 6.54 Å². The smallest absolute Gasteiger partial charge is 0.223 e. The Labute approximate surface area is 88.0 Å². The Bertz CT molecular complexity index is 323. The monoisotopic (exact) mass is 209 g/mol. The van der Waals surface area contributed by atoms with E-state index >= 15 is 0 Å². The summed E-state index contributed by atoms with van der Waals surface area (Å²) < 4.78 is 4.67. The van der Waals surface area contributed by atoms with Gasteiger partial charge in [0.1, 0.15) is 12.0 Å². The van der Waals surface area contributed by atoms with E-state index in [1.165, 1.54) is 6.26 Å². The molecule has 2 atom stereocenters. The molecular formula is C10H15N3O2. The minimum Gasteiger partial charge on any atom is -0.364 e. The Morgan fingerprint density at radius 3 is 3.13 bits per heavy atom. The summed E-state index contributed by atoms with van der Waals surface area (Å²) in [6, 6.07) is 1.92. The van der Waals surface area contributed by atoms with Gasteiger partial charge in [-0.05, 0) is 19.3 Å². The maximum absolute atomic E-state index is 11.7. The number of hydrogen-bond acceptors (Lipinski definition) is 4. The van der Waals surface area contributed by atoms with Crippen LogP contribution in [0.15, 0.2) is 16.9 Å². The van der Waals surface area contributed by atoms with E-state index in [4.69, 9.17) is 5.73 Å². The van der Waals surface area contributed by atoms with Gasteiger partial charge in [0.25, 0.3) is 0 Å². The third kappa shape index (κ3) is 2.56. The van der Waals surface area contributed by atoms with Crippen molar-refractivity contribution in [1.82, 2.24) is 10.5 Å². The second-order valence-corrected chi connectivity index (χ2v) is 3.98. The third-order valence-corrected chi connectivity index (χ3v) is 2.78. The summed E-state index contributed by atoms with van der Waals surface area (Å²) in [4.78, 5) is 11.7. The molecule has 1 aliphatic carbocycles. The van der Waals surface area contributed by atoms with Crippen molar-refractivity contribution in [3.05, 3.63) is 18.0 Å². The number of nitrogens with zero attached hydrogens (tertiary/aromatic N) is 1. The highest BCUT2D eigenvalue weighted by atomic mass is 16.5. The van der Waals surface area contributed by atoms with Gasteiger partial charge in [0, 0.05) is 18.0 Å². The third-order valence-electron chi connectivity index (χ3n) is 2.78.